The molecule has 0 saturated heterocycles. The number of amides is 2. The van der Waals surface area contributed by atoms with Crippen LogP contribution in [0.15, 0.2) is 29.4 Å². The van der Waals surface area contributed by atoms with Crippen molar-refractivity contribution in [1.29, 1.82) is 0 Å². The van der Waals surface area contributed by atoms with E-state index in [2.05, 4.69) is 10.3 Å². The van der Waals surface area contributed by atoms with Gasteiger partial charge in [0.05, 0.1) is 6.61 Å². The zero-order valence-corrected chi connectivity index (χ0v) is 13.4. The molecule has 1 rings (SSSR count). The summed E-state index contributed by atoms with van der Waals surface area (Å²) in [7, 11) is -4.04. The van der Waals surface area contributed by atoms with E-state index in [0.29, 0.717) is 0 Å². The lowest BCUT2D eigenvalue weighted by atomic mass is 10.0. The van der Waals surface area contributed by atoms with E-state index in [4.69, 9.17) is 4.74 Å². The fraction of sp³-hybridized carbons (Fsp3) is 0.462. The topological polar surface area (TPSA) is 114 Å². The maximum atomic E-state index is 12.1. The van der Waals surface area contributed by atoms with Crippen LogP contribution in [0.3, 0.4) is 0 Å². The molecule has 0 spiro atoms. The Morgan fingerprint density at radius 2 is 2.05 bits per heavy atom. The first-order valence-corrected chi connectivity index (χ1v) is 8.16. The van der Waals surface area contributed by atoms with Gasteiger partial charge in [0, 0.05) is 12.4 Å². The van der Waals surface area contributed by atoms with Crippen LogP contribution in [0.5, 0.6) is 0 Å². The predicted octanol–water partition coefficient (Wildman–Crippen LogP) is 0.657. The summed E-state index contributed by atoms with van der Waals surface area (Å²) < 4.78 is 30.8. The first kappa shape index (κ1) is 17.9. The normalized spacial score (nSPS) is 12.5. The van der Waals surface area contributed by atoms with Crippen molar-refractivity contribution in [3.05, 3.63) is 24.5 Å². The van der Waals surface area contributed by atoms with Crippen molar-refractivity contribution < 1.29 is 22.7 Å². The molecule has 1 aromatic heterocycles. The molecule has 8 nitrogen and oxygen atoms in total. The number of hydrogen-bond donors (Lipinski definition) is 2. The highest BCUT2D eigenvalue weighted by atomic mass is 32.2. The van der Waals surface area contributed by atoms with E-state index in [1.165, 1.54) is 18.3 Å². The van der Waals surface area contributed by atoms with Gasteiger partial charge in [0.25, 0.3) is 15.9 Å². The van der Waals surface area contributed by atoms with Crippen LogP contribution < -0.4 is 10.0 Å². The largest absolute Gasteiger partial charge is 0.450 e. The van der Waals surface area contributed by atoms with Crippen LogP contribution in [-0.4, -0.2) is 38.1 Å². The van der Waals surface area contributed by atoms with Crippen LogP contribution in [0.25, 0.3) is 0 Å². The molecule has 0 aromatic carbocycles. The summed E-state index contributed by atoms with van der Waals surface area (Å²) in [5.41, 5.74) is 0. The van der Waals surface area contributed by atoms with Crippen molar-refractivity contribution in [2.45, 2.75) is 31.7 Å². The molecular formula is C13H19N3O5S. The molecule has 0 aliphatic carbocycles. The lowest BCUT2D eigenvalue weighted by molar-refractivity contribution is -0.122. The van der Waals surface area contributed by atoms with Crippen molar-refractivity contribution in [2.24, 2.45) is 5.92 Å². The number of aromatic nitrogens is 1. The summed E-state index contributed by atoms with van der Waals surface area (Å²) in [4.78, 5) is 27.1. The third kappa shape index (κ3) is 4.99. The van der Waals surface area contributed by atoms with Gasteiger partial charge >= 0.3 is 6.09 Å². The predicted molar refractivity (Wildman–Crippen MR) is 78.3 cm³/mol. The zero-order chi connectivity index (χ0) is 16.8. The monoisotopic (exact) mass is 329 g/mol. The molecular weight excluding hydrogens is 310 g/mol. The number of sulfonamides is 1. The van der Waals surface area contributed by atoms with Crippen molar-refractivity contribution >= 4 is 22.0 Å². The van der Waals surface area contributed by atoms with E-state index >= 15 is 0 Å². The molecule has 0 aliphatic rings. The Kier molecular flexibility index (Phi) is 6.29. The molecule has 0 saturated carbocycles. The number of carbonyl (C=O) groups is 2. The number of carbonyl (C=O) groups excluding carboxylic acids is 2. The van der Waals surface area contributed by atoms with Crippen LogP contribution in [-0.2, 0) is 19.6 Å². The summed E-state index contributed by atoms with van der Waals surface area (Å²) in [5.74, 6) is -1.17. The minimum atomic E-state index is -4.04. The highest BCUT2D eigenvalue weighted by molar-refractivity contribution is 7.90. The quantitative estimate of drug-likeness (QED) is 0.792. The molecule has 122 valence electrons. The Hall–Kier alpha value is -2.16. The summed E-state index contributed by atoms with van der Waals surface area (Å²) >= 11 is 0. The number of rotatable bonds is 6. The molecule has 9 heteroatoms. The second-order valence-electron chi connectivity index (χ2n) is 4.74. The van der Waals surface area contributed by atoms with E-state index < -0.39 is 28.1 Å². The molecule has 0 radical (unpaired) electrons. The fourth-order valence-corrected chi connectivity index (χ4v) is 2.56. The number of ether oxygens (including phenoxy) is 1. The Morgan fingerprint density at radius 1 is 1.36 bits per heavy atom. The summed E-state index contributed by atoms with van der Waals surface area (Å²) in [6.07, 6.45) is 1.76. The van der Waals surface area contributed by atoms with Gasteiger partial charge in [-0.2, -0.15) is 0 Å². The van der Waals surface area contributed by atoms with Crippen LogP contribution in [0.2, 0.25) is 0 Å². The molecule has 2 amide bonds. The Bertz CT molecular complexity index is 616. The maximum absolute atomic E-state index is 12.1. The average molecular weight is 329 g/mol. The molecule has 0 fully saturated rings. The van der Waals surface area contributed by atoms with E-state index in [9.17, 15) is 18.0 Å². The van der Waals surface area contributed by atoms with Gasteiger partial charge in [-0.1, -0.05) is 13.8 Å². The molecule has 0 aliphatic heterocycles. The van der Waals surface area contributed by atoms with Gasteiger partial charge in [-0.05, 0) is 25.0 Å². The number of nitrogens with zero attached hydrogens (tertiary/aromatic N) is 1. The van der Waals surface area contributed by atoms with Crippen LogP contribution in [0.1, 0.15) is 20.8 Å². The first-order chi connectivity index (χ1) is 10.3. The Morgan fingerprint density at radius 3 is 2.55 bits per heavy atom. The number of nitrogens with one attached hydrogen (secondary N) is 2. The molecule has 1 aromatic rings. The highest BCUT2D eigenvalue weighted by Gasteiger charge is 2.28. The Balaban J connectivity index is 2.85. The third-order valence-corrected chi connectivity index (χ3v) is 4.01. The van der Waals surface area contributed by atoms with Gasteiger partial charge < -0.3 is 10.1 Å². The van der Waals surface area contributed by atoms with E-state index in [1.54, 1.807) is 20.8 Å². The molecule has 22 heavy (non-hydrogen) atoms. The van der Waals surface area contributed by atoms with Crippen LogP contribution >= 0.6 is 0 Å². The highest BCUT2D eigenvalue weighted by Crippen LogP contribution is 2.08. The van der Waals surface area contributed by atoms with Gasteiger partial charge in [-0.3, -0.25) is 9.78 Å². The van der Waals surface area contributed by atoms with Crippen LogP contribution in [0, 0.1) is 5.92 Å². The zero-order valence-electron chi connectivity index (χ0n) is 12.6. The molecule has 1 atom stereocenters. The lowest BCUT2D eigenvalue weighted by Gasteiger charge is -2.21. The van der Waals surface area contributed by atoms with E-state index in [-0.39, 0.29) is 17.4 Å². The summed E-state index contributed by atoms with van der Waals surface area (Å²) in [6.45, 7) is 5.11. The first-order valence-electron chi connectivity index (χ1n) is 6.68. The van der Waals surface area contributed by atoms with Crippen molar-refractivity contribution in [3.8, 4) is 0 Å². The molecule has 2 N–H and O–H groups in total. The minimum Gasteiger partial charge on any atom is -0.450 e. The number of alkyl carbamates (subject to hydrolysis) is 1. The molecule has 1 heterocycles. The van der Waals surface area contributed by atoms with E-state index in [1.807, 2.05) is 4.72 Å². The summed E-state index contributed by atoms with van der Waals surface area (Å²) in [5, 5.41) is 2.34. The van der Waals surface area contributed by atoms with Crippen LogP contribution in [0.4, 0.5) is 4.79 Å². The third-order valence-electron chi connectivity index (χ3n) is 2.68. The number of pyridine rings is 1. The smallest absolute Gasteiger partial charge is 0.407 e. The van der Waals surface area contributed by atoms with Gasteiger partial charge in [-0.15, -0.1) is 0 Å². The Labute approximate surface area is 129 Å². The van der Waals surface area contributed by atoms with Crippen molar-refractivity contribution in [2.75, 3.05) is 6.61 Å². The van der Waals surface area contributed by atoms with Crippen molar-refractivity contribution in [3.63, 3.8) is 0 Å². The standard InChI is InChI=1S/C13H19N3O5S/c1-4-21-13(18)15-11(9(2)3)12(17)16-22(19,20)10-6-5-7-14-8-10/h5-9,11H,4H2,1-3H3,(H,15,18)(H,16,17)/t11-/m1/s1. The van der Waals surface area contributed by atoms with E-state index in [0.717, 1.165) is 6.20 Å². The van der Waals surface area contributed by atoms with Gasteiger partial charge in [0.1, 0.15) is 10.9 Å². The van der Waals surface area contributed by atoms with Gasteiger partial charge in [0.15, 0.2) is 0 Å². The SMILES string of the molecule is CCOC(=O)N[C@@H](C(=O)NS(=O)(=O)c1cccnc1)C(C)C. The second-order valence-corrected chi connectivity index (χ2v) is 6.43. The second kappa shape index (κ2) is 7.74. The summed E-state index contributed by atoms with van der Waals surface area (Å²) in [6, 6.07) is 1.72. The minimum absolute atomic E-state index is 0.137. The average Bonchev–Trinajstić information content (AvgIpc) is 2.45. The van der Waals surface area contributed by atoms with Gasteiger partial charge in [-0.25, -0.2) is 17.9 Å². The van der Waals surface area contributed by atoms with Gasteiger partial charge in [0.2, 0.25) is 0 Å². The number of hydrogen-bond acceptors (Lipinski definition) is 6. The molecule has 0 unspecified atom stereocenters. The maximum Gasteiger partial charge on any atom is 0.407 e. The lowest BCUT2D eigenvalue weighted by Crippen LogP contribution is -2.51. The molecule has 0 bridgehead atoms. The van der Waals surface area contributed by atoms with Crippen molar-refractivity contribution in [1.82, 2.24) is 15.0 Å². The fourth-order valence-electron chi connectivity index (χ4n) is 1.60.